The molecule has 0 aliphatic heterocycles. The van der Waals surface area contributed by atoms with E-state index in [4.69, 9.17) is 12.9 Å². The molecule has 47 heavy (non-hydrogen) atoms. The molecule has 7 rings (SSSR count). The second-order valence-electron chi connectivity index (χ2n) is 12.5. The third-order valence-corrected chi connectivity index (χ3v) is 11.3. The van der Waals surface area contributed by atoms with E-state index in [0.717, 1.165) is 76.8 Å². The first-order chi connectivity index (χ1) is 22.6. The topological polar surface area (TPSA) is 35.5 Å². The van der Waals surface area contributed by atoms with Crippen molar-refractivity contribution in [2.75, 3.05) is 0 Å². The van der Waals surface area contributed by atoms with Crippen molar-refractivity contribution in [3.63, 3.8) is 0 Å². The highest BCUT2D eigenvalue weighted by Crippen LogP contribution is 2.46. The van der Waals surface area contributed by atoms with Gasteiger partial charge in [-0.25, -0.2) is 0 Å². The van der Waals surface area contributed by atoms with E-state index in [9.17, 15) is 0 Å². The predicted molar refractivity (Wildman–Crippen MR) is 207 cm³/mol. The molecule has 0 radical (unpaired) electrons. The quantitative estimate of drug-likeness (QED) is 0.174. The number of fused-ring (bicyclic) bond motifs is 7. The number of rotatable bonds is 5. The normalized spacial score (nSPS) is 11.5. The minimum atomic E-state index is -1.89. The van der Waals surface area contributed by atoms with Crippen LogP contribution in [0, 0.1) is 41.5 Å². The van der Waals surface area contributed by atoms with Crippen LogP contribution in [0.1, 0.15) is 44.5 Å². The van der Waals surface area contributed by atoms with Crippen LogP contribution >= 0.6 is 17.5 Å². The van der Waals surface area contributed by atoms with E-state index in [1.165, 1.54) is 33.4 Å². The fourth-order valence-corrected chi connectivity index (χ4v) is 8.40. The molecular weight excluding hydrogens is 614 g/mol. The molecule has 1 aromatic heterocycles. The second kappa shape index (κ2) is 11.9. The first-order valence-electron chi connectivity index (χ1n) is 15.8. The number of aryl methyl sites for hydroxylation is 2. The Balaban J connectivity index is 1.57. The van der Waals surface area contributed by atoms with E-state index in [-0.39, 0.29) is 0 Å². The van der Waals surface area contributed by atoms with Gasteiger partial charge in [-0.3, -0.25) is 0 Å². The van der Waals surface area contributed by atoms with Crippen molar-refractivity contribution in [1.29, 1.82) is 0 Å². The lowest BCUT2D eigenvalue weighted by atomic mass is 9.88. The number of hydrogen-bond acceptors (Lipinski definition) is 3. The van der Waals surface area contributed by atoms with E-state index >= 15 is 0 Å². The van der Waals surface area contributed by atoms with Crippen molar-refractivity contribution in [3.8, 4) is 16.9 Å². The molecule has 0 saturated carbocycles. The number of benzene rings is 6. The summed E-state index contributed by atoms with van der Waals surface area (Å²) in [4.78, 5) is 0. The molecule has 3 nitrogen and oxygen atoms in total. The van der Waals surface area contributed by atoms with Gasteiger partial charge in [-0.2, -0.15) is 0 Å². The molecular formula is C42H38O3P2. The molecule has 0 aliphatic rings. The zero-order chi connectivity index (χ0) is 33.1. The van der Waals surface area contributed by atoms with E-state index < -0.39 is 8.24 Å². The first-order valence-corrected chi connectivity index (χ1v) is 17.5. The summed E-state index contributed by atoms with van der Waals surface area (Å²) in [5, 5.41) is 7.50. The Bertz CT molecular complexity index is 2390. The number of hydrogen-bond donors (Lipinski definition) is 0. The highest BCUT2D eigenvalue weighted by atomic mass is 31.1. The Kier molecular flexibility index (Phi) is 7.88. The van der Waals surface area contributed by atoms with Crippen LogP contribution in [0.15, 0.2) is 94.3 Å². The summed E-state index contributed by atoms with van der Waals surface area (Å²) < 4.78 is 20.5. The van der Waals surface area contributed by atoms with Crippen LogP contribution in [0.5, 0.6) is 5.75 Å². The lowest BCUT2D eigenvalue weighted by Gasteiger charge is -2.21. The zero-order valence-corrected chi connectivity index (χ0v) is 29.8. The summed E-state index contributed by atoms with van der Waals surface area (Å²) in [5.74, 6) is 0.754. The lowest BCUT2D eigenvalue weighted by Crippen LogP contribution is -2.07. The molecule has 0 saturated heterocycles. The summed E-state index contributed by atoms with van der Waals surface area (Å²) in [6.45, 7) is 21.0. The molecule has 1 atom stereocenters. The molecule has 5 heteroatoms. The molecule has 234 valence electrons. The summed E-state index contributed by atoms with van der Waals surface area (Å²) in [5.41, 5.74) is 13.2. The Morgan fingerprint density at radius 1 is 0.596 bits per heavy atom. The Morgan fingerprint density at radius 3 is 1.60 bits per heavy atom. The molecule has 0 fully saturated rings. The van der Waals surface area contributed by atoms with Crippen molar-refractivity contribution in [1.82, 2.24) is 0 Å². The molecule has 7 aromatic rings. The predicted octanol–water partition coefficient (Wildman–Crippen LogP) is 12.7. The van der Waals surface area contributed by atoms with Gasteiger partial charge in [-0.1, -0.05) is 67.8 Å². The average molecular weight is 653 g/mol. The molecule has 0 aliphatic carbocycles. The van der Waals surface area contributed by atoms with Crippen molar-refractivity contribution in [2.24, 2.45) is 0 Å². The van der Waals surface area contributed by atoms with Crippen LogP contribution in [0.25, 0.3) is 66.8 Å². The van der Waals surface area contributed by atoms with E-state index in [0.29, 0.717) is 0 Å². The molecule has 1 unspecified atom stereocenters. The van der Waals surface area contributed by atoms with Gasteiger partial charge >= 0.3 is 8.24 Å². The standard InChI is InChI=1S/C42H38O3P2/c1-9-29-11-15-33-31(21-29)13-17-35-41(33)42-34-16-12-30(10-2)22-32(34)14-18-36(42)44-47(43-35)45-37-19-23(3)25(5)27(7)39(37)40-28(8)26(6)24(4)20-38(40)46/h9-22H,1-2,46H2,3-8H3. The second-order valence-corrected chi connectivity index (χ2v) is 14.1. The van der Waals surface area contributed by atoms with Crippen LogP contribution in [-0.4, -0.2) is 0 Å². The monoisotopic (exact) mass is 652 g/mol. The van der Waals surface area contributed by atoms with Crippen molar-refractivity contribution >= 4 is 78.4 Å². The Morgan fingerprint density at radius 2 is 1.09 bits per heavy atom. The zero-order valence-electron chi connectivity index (χ0n) is 27.7. The van der Waals surface area contributed by atoms with Crippen LogP contribution in [0.4, 0.5) is 0 Å². The van der Waals surface area contributed by atoms with Gasteiger partial charge in [0.1, 0.15) is 16.9 Å². The maximum atomic E-state index is 6.91. The molecule has 0 spiro atoms. The minimum absolute atomic E-state index is 0.727. The summed E-state index contributed by atoms with van der Waals surface area (Å²) in [6.07, 6.45) is 3.75. The summed E-state index contributed by atoms with van der Waals surface area (Å²) in [6, 6.07) is 25.5. The van der Waals surface area contributed by atoms with Gasteiger partial charge in [0, 0.05) is 16.3 Å². The van der Waals surface area contributed by atoms with E-state index in [2.05, 4.69) is 125 Å². The maximum absolute atomic E-state index is 6.91. The smallest absolute Gasteiger partial charge is 0.390 e. The third-order valence-electron chi connectivity index (χ3n) is 9.81. The fourth-order valence-electron chi connectivity index (χ4n) is 6.75. The van der Waals surface area contributed by atoms with Crippen molar-refractivity contribution in [3.05, 3.63) is 130 Å². The SMILES string of the molecule is C=Cc1ccc2c(ccc3op(Oc4cc(C)c(C)c(C)c4-c4c(P)cc(C)c(C)c4C)oc4ccc5cc(C=C)ccc5c4c32)c1. The van der Waals surface area contributed by atoms with E-state index in [1.807, 2.05) is 24.3 Å². The van der Waals surface area contributed by atoms with Crippen LogP contribution in [0.3, 0.4) is 0 Å². The maximum Gasteiger partial charge on any atom is 0.453 e. The van der Waals surface area contributed by atoms with Gasteiger partial charge in [-0.15, -0.1) is 9.24 Å². The van der Waals surface area contributed by atoms with E-state index in [1.54, 1.807) is 0 Å². The van der Waals surface area contributed by atoms with Crippen LogP contribution in [0.2, 0.25) is 0 Å². The van der Waals surface area contributed by atoms with Gasteiger partial charge in [0.05, 0.1) is 0 Å². The lowest BCUT2D eigenvalue weighted by molar-refractivity contribution is 0.499. The van der Waals surface area contributed by atoms with Crippen molar-refractivity contribution < 1.29 is 12.9 Å². The fraction of sp³-hybridized carbons (Fsp3) is 0.143. The molecule has 1 heterocycles. The van der Waals surface area contributed by atoms with Gasteiger partial charge in [0.2, 0.25) is 0 Å². The van der Waals surface area contributed by atoms with Gasteiger partial charge < -0.3 is 12.9 Å². The molecule has 0 bridgehead atoms. The van der Waals surface area contributed by atoms with Crippen molar-refractivity contribution in [2.45, 2.75) is 41.5 Å². The van der Waals surface area contributed by atoms with Crippen LogP contribution in [-0.2, 0) is 0 Å². The first kappa shape index (κ1) is 31.1. The summed E-state index contributed by atoms with van der Waals surface area (Å²) in [7, 11) is 1.06. The van der Waals surface area contributed by atoms with Gasteiger partial charge in [-0.05, 0) is 149 Å². The van der Waals surface area contributed by atoms with Gasteiger partial charge in [0.25, 0.3) is 0 Å². The minimum Gasteiger partial charge on any atom is -0.390 e. The molecule has 0 amide bonds. The largest absolute Gasteiger partial charge is 0.453 e. The highest BCUT2D eigenvalue weighted by Gasteiger charge is 2.22. The molecule has 0 N–H and O–H groups in total. The Hall–Kier alpha value is -4.55. The highest BCUT2D eigenvalue weighted by molar-refractivity contribution is 7.32. The summed E-state index contributed by atoms with van der Waals surface area (Å²) >= 11 is 0. The third kappa shape index (κ3) is 5.19. The van der Waals surface area contributed by atoms with Crippen LogP contribution < -0.4 is 9.83 Å². The average Bonchev–Trinajstić information content (AvgIpc) is 3.23. The van der Waals surface area contributed by atoms with Gasteiger partial charge in [0.15, 0.2) is 0 Å². The Labute approximate surface area is 279 Å². The molecule has 6 aromatic carbocycles.